The summed E-state index contributed by atoms with van der Waals surface area (Å²) in [6, 6.07) is 4.95. The summed E-state index contributed by atoms with van der Waals surface area (Å²) >= 11 is 1.89. The normalized spacial score (nSPS) is 18.1. The molecule has 0 aromatic carbocycles. The molecule has 1 aliphatic heterocycles. The van der Waals surface area contributed by atoms with E-state index in [1.54, 1.807) is 4.88 Å². The van der Waals surface area contributed by atoms with Crippen molar-refractivity contribution in [2.24, 2.45) is 0 Å². The second kappa shape index (κ2) is 5.54. The van der Waals surface area contributed by atoms with Crippen molar-refractivity contribution in [1.82, 2.24) is 10.3 Å². The third kappa shape index (κ3) is 2.34. The molecule has 0 amide bonds. The third-order valence-corrected chi connectivity index (χ3v) is 5.05. The summed E-state index contributed by atoms with van der Waals surface area (Å²) in [5, 5.41) is 5.47. The van der Waals surface area contributed by atoms with Crippen molar-refractivity contribution in [1.29, 1.82) is 0 Å². The first-order valence-corrected chi connectivity index (χ1v) is 8.01. The van der Waals surface area contributed by atoms with Crippen LogP contribution in [0.2, 0.25) is 0 Å². The van der Waals surface area contributed by atoms with Gasteiger partial charge < -0.3 is 10.2 Å². The van der Waals surface area contributed by atoms with Gasteiger partial charge in [-0.15, -0.1) is 11.3 Å². The molecule has 1 aliphatic rings. The van der Waals surface area contributed by atoms with Crippen molar-refractivity contribution in [3.63, 3.8) is 0 Å². The number of nitrogens with zero attached hydrogens (tertiary/aromatic N) is 2. The van der Waals surface area contributed by atoms with E-state index in [1.165, 1.54) is 16.8 Å². The van der Waals surface area contributed by atoms with Crippen LogP contribution < -0.4 is 10.2 Å². The quantitative estimate of drug-likeness (QED) is 0.939. The first-order valence-electron chi connectivity index (χ1n) is 7.13. The zero-order chi connectivity index (χ0) is 14.1. The predicted octanol–water partition coefficient (Wildman–Crippen LogP) is 3.29. The first-order chi connectivity index (χ1) is 9.70. The fraction of sp³-hybridized carbons (Fsp3) is 0.438. The van der Waals surface area contributed by atoms with Crippen LogP contribution in [0, 0.1) is 6.92 Å². The third-order valence-electron chi connectivity index (χ3n) is 4.05. The standard InChI is InChI=1S/C16H21N3S/c1-11-8-15(13(9-17-3)10-18-11)19-6-4-16-14(12(19)2)5-7-20-16/h5,7-8,10,12,17H,4,6,9H2,1-3H3. The Morgan fingerprint density at radius 1 is 1.50 bits per heavy atom. The number of hydrogen-bond acceptors (Lipinski definition) is 4. The number of aromatic nitrogens is 1. The molecule has 3 rings (SSSR count). The maximum Gasteiger partial charge on any atom is 0.0525 e. The van der Waals surface area contributed by atoms with Crippen molar-refractivity contribution >= 4 is 17.0 Å². The molecule has 0 spiro atoms. The highest BCUT2D eigenvalue weighted by Crippen LogP contribution is 2.37. The number of fused-ring (bicyclic) bond motifs is 1. The van der Waals surface area contributed by atoms with Crippen molar-refractivity contribution in [3.8, 4) is 0 Å². The molecule has 3 heterocycles. The smallest absolute Gasteiger partial charge is 0.0525 e. The minimum Gasteiger partial charge on any atom is -0.364 e. The second-order valence-electron chi connectivity index (χ2n) is 5.40. The van der Waals surface area contributed by atoms with Gasteiger partial charge in [0.15, 0.2) is 0 Å². The molecule has 1 N–H and O–H groups in total. The highest BCUT2D eigenvalue weighted by atomic mass is 32.1. The molecule has 4 heteroatoms. The monoisotopic (exact) mass is 287 g/mol. The summed E-state index contributed by atoms with van der Waals surface area (Å²) in [6.45, 7) is 6.33. The fourth-order valence-corrected chi connectivity index (χ4v) is 3.97. The Morgan fingerprint density at radius 3 is 3.15 bits per heavy atom. The SMILES string of the molecule is CNCc1cnc(C)cc1N1CCc2sccc2C1C. The highest BCUT2D eigenvalue weighted by Gasteiger charge is 2.26. The van der Waals surface area contributed by atoms with Gasteiger partial charge in [0.05, 0.1) is 6.04 Å². The Hall–Kier alpha value is -1.39. The molecule has 20 heavy (non-hydrogen) atoms. The molecule has 0 saturated carbocycles. The molecular weight excluding hydrogens is 266 g/mol. The molecule has 0 fully saturated rings. The number of anilines is 1. The van der Waals surface area contributed by atoms with Gasteiger partial charge in [-0.2, -0.15) is 0 Å². The van der Waals surface area contributed by atoms with E-state index in [9.17, 15) is 0 Å². The van der Waals surface area contributed by atoms with Gasteiger partial charge in [-0.25, -0.2) is 0 Å². The number of hydrogen-bond donors (Lipinski definition) is 1. The van der Waals surface area contributed by atoms with Crippen LogP contribution in [0.4, 0.5) is 5.69 Å². The van der Waals surface area contributed by atoms with E-state index >= 15 is 0 Å². The molecule has 0 saturated heterocycles. The van der Waals surface area contributed by atoms with Gasteiger partial charge in [0.1, 0.15) is 0 Å². The summed E-state index contributed by atoms with van der Waals surface area (Å²) < 4.78 is 0. The molecular formula is C16H21N3S. The van der Waals surface area contributed by atoms with E-state index in [0.29, 0.717) is 6.04 Å². The van der Waals surface area contributed by atoms with Gasteiger partial charge in [0.2, 0.25) is 0 Å². The minimum absolute atomic E-state index is 0.447. The summed E-state index contributed by atoms with van der Waals surface area (Å²) in [6.07, 6.45) is 3.16. The lowest BCUT2D eigenvalue weighted by Gasteiger charge is -2.37. The van der Waals surface area contributed by atoms with Crippen LogP contribution in [0.5, 0.6) is 0 Å². The van der Waals surface area contributed by atoms with Gasteiger partial charge >= 0.3 is 0 Å². The zero-order valence-corrected chi connectivity index (χ0v) is 13.1. The molecule has 0 radical (unpaired) electrons. The topological polar surface area (TPSA) is 28.2 Å². The Kier molecular flexibility index (Phi) is 3.76. The van der Waals surface area contributed by atoms with Gasteiger partial charge in [-0.05, 0) is 50.4 Å². The number of nitrogens with one attached hydrogen (secondary N) is 1. The van der Waals surface area contributed by atoms with E-state index in [0.717, 1.165) is 25.2 Å². The van der Waals surface area contributed by atoms with Gasteiger partial charge in [0, 0.05) is 41.1 Å². The van der Waals surface area contributed by atoms with Crippen LogP contribution in [0.15, 0.2) is 23.7 Å². The van der Waals surface area contributed by atoms with Gasteiger partial charge in [-0.3, -0.25) is 4.98 Å². The Bertz CT molecular complexity index is 606. The van der Waals surface area contributed by atoms with E-state index in [4.69, 9.17) is 0 Å². The summed E-state index contributed by atoms with van der Waals surface area (Å²) in [5.41, 5.74) is 5.19. The largest absolute Gasteiger partial charge is 0.364 e. The molecule has 2 aromatic rings. The fourth-order valence-electron chi connectivity index (χ4n) is 3.01. The molecule has 2 aromatic heterocycles. The van der Waals surface area contributed by atoms with Crippen molar-refractivity contribution in [2.45, 2.75) is 32.9 Å². The lowest BCUT2D eigenvalue weighted by molar-refractivity contribution is 0.626. The van der Waals surface area contributed by atoms with Crippen LogP contribution in [-0.4, -0.2) is 18.6 Å². The zero-order valence-electron chi connectivity index (χ0n) is 12.3. The average Bonchev–Trinajstić information content (AvgIpc) is 2.91. The second-order valence-corrected chi connectivity index (χ2v) is 6.40. The first kappa shape index (κ1) is 13.6. The molecule has 0 aliphatic carbocycles. The van der Waals surface area contributed by atoms with Crippen LogP contribution in [0.1, 0.15) is 34.7 Å². The highest BCUT2D eigenvalue weighted by molar-refractivity contribution is 7.10. The summed E-state index contributed by atoms with van der Waals surface area (Å²) in [7, 11) is 1.99. The van der Waals surface area contributed by atoms with Crippen LogP contribution in [-0.2, 0) is 13.0 Å². The van der Waals surface area contributed by atoms with Gasteiger partial charge in [-0.1, -0.05) is 0 Å². The minimum atomic E-state index is 0.447. The Balaban J connectivity index is 1.99. The summed E-state index contributed by atoms with van der Waals surface area (Å²) in [4.78, 5) is 8.52. The number of pyridine rings is 1. The van der Waals surface area contributed by atoms with Crippen LogP contribution in [0.25, 0.3) is 0 Å². The van der Waals surface area contributed by atoms with E-state index in [1.807, 2.05) is 24.6 Å². The van der Waals surface area contributed by atoms with E-state index in [2.05, 4.69) is 46.6 Å². The Labute approximate surface area is 124 Å². The van der Waals surface area contributed by atoms with E-state index in [-0.39, 0.29) is 0 Å². The molecule has 106 valence electrons. The van der Waals surface area contributed by atoms with E-state index < -0.39 is 0 Å². The number of rotatable bonds is 3. The van der Waals surface area contributed by atoms with Gasteiger partial charge in [0.25, 0.3) is 0 Å². The van der Waals surface area contributed by atoms with Crippen LogP contribution in [0.3, 0.4) is 0 Å². The van der Waals surface area contributed by atoms with Crippen LogP contribution >= 0.6 is 11.3 Å². The maximum absolute atomic E-state index is 4.45. The van der Waals surface area contributed by atoms with Crippen molar-refractivity contribution < 1.29 is 0 Å². The number of aryl methyl sites for hydroxylation is 1. The molecule has 0 bridgehead atoms. The molecule has 1 unspecified atom stereocenters. The Morgan fingerprint density at radius 2 is 2.35 bits per heavy atom. The van der Waals surface area contributed by atoms with Crippen molar-refractivity contribution in [2.75, 3.05) is 18.5 Å². The summed E-state index contributed by atoms with van der Waals surface area (Å²) in [5.74, 6) is 0. The molecule has 3 nitrogen and oxygen atoms in total. The lowest BCUT2D eigenvalue weighted by atomic mass is 9.99. The lowest BCUT2D eigenvalue weighted by Crippen LogP contribution is -2.34. The molecule has 1 atom stereocenters. The number of thiophene rings is 1. The maximum atomic E-state index is 4.45. The van der Waals surface area contributed by atoms with Crippen molar-refractivity contribution in [3.05, 3.63) is 45.4 Å². The average molecular weight is 287 g/mol. The predicted molar refractivity (Wildman–Crippen MR) is 85.5 cm³/mol.